The zero-order chi connectivity index (χ0) is 19.3. The molecule has 0 saturated heterocycles. The molecule has 0 aliphatic carbocycles. The Morgan fingerprint density at radius 2 is 1.52 bits per heavy atom. The maximum absolute atomic E-state index is 4.78. The van der Waals surface area contributed by atoms with Gasteiger partial charge in [-0.25, -0.2) is 0 Å². The van der Waals surface area contributed by atoms with Crippen molar-refractivity contribution in [3.05, 3.63) is 63.7 Å². The molecule has 138 valence electrons. The maximum atomic E-state index is 4.78. The summed E-state index contributed by atoms with van der Waals surface area (Å²) < 4.78 is 3.13. The van der Waals surface area contributed by atoms with E-state index in [1.807, 2.05) is 6.20 Å². The molecule has 4 aromatic rings. The number of pyridine rings is 1. The zero-order valence-corrected chi connectivity index (χ0v) is 18.8. The van der Waals surface area contributed by atoms with Crippen LogP contribution in [0.25, 0.3) is 31.7 Å². The summed E-state index contributed by atoms with van der Waals surface area (Å²) in [4.78, 5) is 4.78. The van der Waals surface area contributed by atoms with Gasteiger partial charge in [0.25, 0.3) is 0 Å². The van der Waals surface area contributed by atoms with E-state index in [9.17, 15) is 0 Å². The average Bonchev–Trinajstić information content (AvgIpc) is 2.88. The van der Waals surface area contributed by atoms with Crippen LogP contribution in [0.5, 0.6) is 0 Å². The molecule has 0 bridgehead atoms. The molecule has 2 aromatic carbocycles. The van der Waals surface area contributed by atoms with Crippen molar-refractivity contribution in [2.75, 3.05) is 0 Å². The van der Waals surface area contributed by atoms with Crippen LogP contribution in [0.3, 0.4) is 0 Å². The fourth-order valence-electron chi connectivity index (χ4n) is 4.07. The summed E-state index contributed by atoms with van der Waals surface area (Å²) in [5, 5.41) is 4.15. The fourth-order valence-corrected chi connectivity index (χ4v) is 6.59. The van der Waals surface area contributed by atoms with Gasteiger partial charge >= 0.3 is 168 Å². The Balaban J connectivity index is 1.98. The molecule has 1 nitrogen and oxygen atoms in total. The van der Waals surface area contributed by atoms with Crippen molar-refractivity contribution >= 4 is 34.9 Å². The molecule has 27 heavy (non-hydrogen) atoms. The molecule has 0 aliphatic rings. The first-order chi connectivity index (χ1) is 12.7. The summed E-state index contributed by atoms with van der Waals surface area (Å²) in [5.41, 5.74) is 6.80. The van der Waals surface area contributed by atoms with E-state index >= 15 is 0 Å². The van der Waals surface area contributed by atoms with E-state index in [1.54, 1.807) is 14.3 Å². The predicted octanol–water partition coefficient (Wildman–Crippen LogP) is 6.63. The molecule has 0 unspecified atom stereocenters. The molecule has 2 aromatic heterocycles. The van der Waals surface area contributed by atoms with E-state index in [1.165, 1.54) is 32.8 Å². The Bertz CT molecular complexity index is 1140. The van der Waals surface area contributed by atoms with Crippen molar-refractivity contribution in [1.82, 2.24) is 4.98 Å². The Morgan fingerprint density at radius 3 is 2.19 bits per heavy atom. The van der Waals surface area contributed by atoms with Crippen molar-refractivity contribution in [3.63, 3.8) is 0 Å². The molecule has 0 amide bonds. The second kappa shape index (κ2) is 6.62. The quantitative estimate of drug-likeness (QED) is 0.332. The molecule has 2 heterocycles. The van der Waals surface area contributed by atoms with Gasteiger partial charge in [0.2, 0.25) is 0 Å². The minimum atomic E-state index is 0.311. The normalized spacial score (nSPS) is 12.2. The van der Waals surface area contributed by atoms with Crippen LogP contribution < -0.4 is 0 Å². The third-order valence-corrected chi connectivity index (χ3v) is 7.61. The van der Waals surface area contributed by atoms with Gasteiger partial charge in [-0.2, -0.15) is 0 Å². The summed E-state index contributed by atoms with van der Waals surface area (Å²) in [7, 11) is 0. The second-order valence-electron chi connectivity index (χ2n) is 8.95. The third kappa shape index (κ3) is 3.49. The van der Waals surface area contributed by atoms with Crippen molar-refractivity contribution in [1.29, 1.82) is 0 Å². The number of nitrogens with zero attached hydrogens (tertiary/aromatic N) is 1. The fraction of sp³-hybridized carbons (Fsp3) is 0.320. The van der Waals surface area contributed by atoms with Gasteiger partial charge in [-0.3, -0.25) is 0 Å². The molecule has 0 atom stereocenters. The topological polar surface area (TPSA) is 12.9 Å². The number of fused-ring (bicyclic) bond motifs is 3. The van der Waals surface area contributed by atoms with Gasteiger partial charge < -0.3 is 0 Å². The van der Waals surface area contributed by atoms with Crippen LogP contribution in [0.2, 0.25) is 0 Å². The second-order valence-corrected chi connectivity index (χ2v) is 11.5. The summed E-state index contributed by atoms with van der Waals surface area (Å²) in [6, 6.07) is 13.6. The van der Waals surface area contributed by atoms with E-state index < -0.39 is 0 Å². The monoisotopic (exact) mass is 421 g/mol. The number of hydrogen-bond acceptors (Lipinski definition) is 1. The summed E-state index contributed by atoms with van der Waals surface area (Å²) in [6.45, 7) is 13.7. The molecular weight excluding hydrogens is 393 g/mol. The van der Waals surface area contributed by atoms with E-state index in [4.69, 9.17) is 4.98 Å². The summed E-state index contributed by atoms with van der Waals surface area (Å²) >= 11 is 0.413. The van der Waals surface area contributed by atoms with Crippen molar-refractivity contribution in [2.24, 2.45) is 5.41 Å². The van der Waals surface area contributed by atoms with Gasteiger partial charge in [0.15, 0.2) is 0 Å². The first kappa shape index (κ1) is 18.5. The van der Waals surface area contributed by atoms with Crippen LogP contribution in [-0.2, 0) is 6.42 Å². The first-order valence-corrected chi connectivity index (χ1v) is 11.3. The van der Waals surface area contributed by atoms with Crippen LogP contribution in [0, 0.1) is 26.2 Å². The van der Waals surface area contributed by atoms with Crippen LogP contribution in [0.15, 0.2) is 42.6 Å². The third-order valence-electron chi connectivity index (χ3n) is 5.10. The average molecular weight is 420 g/mol. The number of rotatable bonds is 2. The van der Waals surface area contributed by atoms with Crippen molar-refractivity contribution in [3.8, 4) is 11.3 Å². The van der Waals surface area contributed by atoms with Crippen LogP contribution in [0.4, 0.5) is 0 Å². The molecule has 0 N–H and O–H groups in total. The Hall–Kier alpha value is -1.89. The van der Waals surface area contributed by atoms with Gasteiger partial charge in [0, 0.05) is 0 Å². The van der Waals surface area contributed by atoms with Crippen LogP contribution in [0.1, 0.15) is 41.9 Å². The zero-order valence-electron chi connectivity index (χ0n) is 17.1. The molecule has 0 radical (unpaired) electrons. The van der Waals surface area contributed by atoms with Gasteiger partial charge in [-0.15, -0.1) is 0 Å². The van der Waals surface area contributed by atoms with E-state index in [2.05, 4.69) is 77.9 Å². The SMILES string of the molecule is Cc1cc(C)cc(-c2nccc3c2ccc2c(CC(C)(C)C)c(C)[se]c23)c1. The molecule has 2 heteroatoms. The predicted molar refractivity (Wildman–Crippen MR) is 119 cm³/mol. The Labute approximate surface area is 168 Å². The van der Waals surface area contributed by atoms with Crippen molar-refractivity contribution < 1.29 is 0 Å². The molecule has 4 rings (SSSR count). The molecule has 0 saturated carbocycles. The Kier molecular flexibility index (Phi) is 4.53. The molecule has 0 spiro atoms. The number of hydrogen-bond donors (Lipinski definition) is 0. The number of aromatic nitrogens is 1. The number of aryl methyl sites for hydroxylation is 3. The van der Waals surface area contributed by atoms with Gasteiger partial charge in [-0.05, 0) is 0 Å². The van der Waals surface area contributed by atoms with Crippen LogP contribution in [-0.4, -0.2) is 19.5 Å². The van der Waals surface area contributed by atoms with Gasteiger partial charge in [0.05, 0.1) is 0 Å². The standard InChI is InChI=1S/C25H27NSe/c1-15-11-16(2)13-18(12-15)23-19-7-8-20-22(14-25(4,5)6)17(3)27-24(20)21(19)9-10-26-23/h7-13H,14H2,1-6H3. The van der Waals surface area contributed by atoms with E-state index in [0.717, 1.165) is 12.1 Å². The molecular formula is C25H27NSe. The first-order valence-electron chi connectivity index (χ1n) is 9.61. The van der Waals surface area contributed by atoms with E-state index in [-0.39, 0.29) is 0 Å². The minimum absolute atomic E-state index is 0.311. The van der Waals surface area contributed by atoms with Gasteiger partial charge in [-0.1, -0.05) is 0 Å². The van der Waals surface area contributed by atoms with Gasteiger partial charge in [0.1, 0.15) is 0 Å². The van der Waals surface area contributed by atoms with E-state index in [0.29, 0.717) is 19.9 Å². The number of benzene rings is 2. The van der Waals surface area contributed by atoms with Crippen LogP contribution >= 0.6 is 0 Å². The Morgan fingerprint density at radius 1 is 0.852 bits per heavy atom. The molecule has 0 fully saturated rings. The summed E-state index contributed by atoms with van der Waals surface area (Å²) in [6.07, 6.45) is 3.14. The van der Waals surface area contributed by atoms with Crippen molar-refractivity contribution in [2.45, 2.75) is 48.0 Å². The summed E-state index contributed by atoms with van der Waals surface area (Å²) in [5.74, 6) is 0. The molecule has 0 aliphatic heterocycles.